The zero-order chi connectivity index (χ0) is 25.2. The molecule has 35 heavy (non-hydrogen) atoms. The van der Waals surface area contributed by atoms with Crippen LogP contribution < -0.4 is 5.32 Å². The average Bonchev–Trinajstić information content (AvgIpc) is 2.84. The lowest BCUT2D eigenvalue weighted by Crippen LogP contribution is -2.41. The SMILES string of the molecule is CSCC[C@H](NC(=O)c1ccc(COCCc2cccc(F)c2)cc1-c1cc#ccc1C)C(=O)O. The second kappa shape index (κ2) is 12.9. The molecule has 0 heterocycles. The first kappa shape index (κ1) is 26.3. The van der Waals surface area contributed by atoms with E-state index in [1.165, 1.54) is 23.9 Å². The van der Waals surface area contributed by atoms with Gasteiger partial charge in [0, 0.05) is 5.56 Å². The monoisotopic (exact) mass is 493 g/mol. The Labute approximate surface area is 209 Å². The number of hydrogen-bond acceptors (Lipinski definition) is 4. The van der Waals surface area contributed by atoms with Gasteiger partial charge in [-0.1, -0.05) is 30.3 Å². The number of carboxylic acids is 1. The van der Waals surface area contributed by atoms with Crippen molar-refractivity contribution in [2.24, 2.45) is 0 Å². The molecule has 182 valence electrons. The Morgan fingerprint density at radius 3 is 2.63 bits per heavy atom. The molecular weight excluding hydrogens is 465 g/mol. The zero-order valence-electron chi connectivity index (χ0n) is 19.8. The highest BCUT2D eigenvalue weighted by molar-refractivity contribution is 7.98. The van der Waals surface area contributed by atoms with E-state index in [9.17, 15) is 19.1 Å². The Kier molecular flexibility index (Phi) is 9.71. The van der Waals surface area contributed by atoms with Gasteiger partial charge in [0.15, 0.2) is 0 Å². The molecule has 0 bridgehead atoms. The molecule has 0 aromatic heterocycles. The summed E-state index contributed by atoms with van der Waals surface area (Å²) in [4.78, 5) is 24.8. The summed E-state index contributed by atoms with van der Waals surface area (Å²) in [5, 5.41) is 12.2. The molecule has 0 spiro atoms. The molecule has 0 radical (unpaired) electrons. The normalized spacial score (nSPS) is 11.5. The van der Waals surface area contributed by atoms with Crippen molar-refractivity contribution in [1.29, 1.82) is 0 Å². The molecule has 0 aliphatic carbocycles. The van der Waals surface area contributed by atoms with Crippen molar-refractivity contribution < 1.29 is 23.8 Å². The second-order valence-corrected chi connectivity index (χ2v) is 9.12. The third-order valence-corrected chi connectivity index (χ3v) is 6.18. The van der Waals surface area contributed by atoms with Crippen molar-refractivity contribution in [3.05, 3.63) is 94.8 Å². The number of ether oxygens (including phenoxy) is 1. The quantitative estimate of drug-likeness (QED) is 0.344. The maximum Gasteiger partial charge on any atom is 0.326 e. The molecule has 3 rings (SSSR count). The van der Waals surface area contributed by atoms with E-state index in [1.54, 1.807) is 30.3 Å². The van der Waals surface area contributed by atoms with Gasteiger partial charge >= 0.3 is 5.97 Å². The van der Waals surface area contributed by atoms with Gasteiger partial charge in [-0.2, -0.15) is 11.8 Å². The molecule has 2 N–H and O–H groups in total. The predicted molar refractivity (Wildman–Crippen MR) is 136 cm³/mol. The van der Waals surface area contributed by atoms with Gasteiger partial charge in [0.25, 0.3) is 5.91 Å². The molecule has 0 saturated carbocycles. The van der Waals surface area contributed by atoms with Crippen molar-refractivity contribution >= 4 is 23.6 Å². The van der Waals surface area contributed by atoms with E-state index < -0.39 is 17.9 Å². The highest BCUT2D eigenvalue weighted by Crippen LogP contribution is 2.28. The van der Waals surface area contributed by atoms with Crippen LogP contribution in [-0.2, 0) is 22.6 Å². The van der Waals surface area contributed by atoms with E-state index in [4.69, 9.17) is 4.74 Å². The van der Waals surface area contributed by atoms with Gasteiger partial charge in [-0.05, 0) is 96.0 Å². The van der Waals surface area contributed by atoms with Crippen LogP contribution in [0.4, 0.5) is 4.39 Å². The summed E-state index contributed by atoms with van der Waals surface area (Å²) in [6.45, 7) is 2.66. The second-order valence-electron chi connectivity index (χ2n) is 8.13. The summed E-state index contributed by atoms with van der Waals surface area (Å²) in [5.41, 5.74) is 4.50. The van der Waals surface area contributed by atoms with E-state index in [-0.39, 0.29) is 5.82 Å². The van der Waals surface area contributed by atoms with Crippen LogP contribution in [0.1, 0.15) is 33.5 Å². The number of hydrogen-bond donors (Lipinski definition) is 2. The largest absolute Gasteiger partial charge is 0.480 e. The predicted octanol–water partition coefficient (Wildman–Crippen LogP) is 5.10. The first-order chi connectivity index (χ1) is 16.9. The number of carbonyl (C=O) groups is 2. The van der Waals surface area contributed by atoms with Gasteiger partial charge in [-0.3, -0.25) is 4.79 Å². The van der Waals surface area contributed by atoms with Crippen LogP contribution in [0, 0.1) is 24.9 Å². The smallest absolute Gasteiger partial charge is 0.326 e. The third-order valence-electron chi connectivity index (χ3n) is 5.54. The topological polar surface area (TPSA) is 75.6 Å². The molecule has 1 atom stereocenters. The van der Waals surface area contributed by atoms with E-state index in [1.807, 2.05) is 25.3 Å². The number of aliphatic carboxylic acids is 1. The summed E-state index contributed by atoms with van der Waals surface area (Å²) in [6, 6.07) is 20.2. The van der Waals surface area contributed by atoms with Crippen molar-refractivity contribution in [2.75, 3.05) is 18.6 Å². The standard InChI is InChI=1S/C28H28FNO4S/c1-19-6-3-4-9-23(19)25-17-21(18-34-14-12-20-7-5-8-22(29)16-20)10-11-24(25)27(31)30-26(28(32)33)13-15-35-2/h5-11,16-17,26H,12-15,18H2,1-2H3,(H,30,31)(H,32,33)/t26-/m0/s1. The number of halogens is 1. The molecule has 0 aliphatic heterocycles. The number of carbonyl (C=O) groups excluding carboxylic acids is 1. The number of nitrogens with one attached hydrogen (secondary N) is 1. The highest BCUT2D eigenvalue weighted by Gasteiger charge is 2.22. The minimum atomic E-state index is -1.06. The van der Waals surface area contributed by atoms with Crippen LogP contribution >= 0.6 is 11.8 Å². The summed E-state index contributed by atoms with van der Waals surface area (Å²) in [5.74, 6) is -1.15. The fourth-order valence-electron chi connectivity index (χ4n) is 3.65. The number of thioether (sulfide) groups is 1. The Hall–Kier alpha value is -3.34. The fraction of sp³-hybridized carbons (Fsp3) is 0.286. The zero-order valence-corrected chi connectivity index (χ0v) is 20.6. The van der Waals surface area contributed by atoms with E-state index in [0.29, 0.717) is 42.9 Å². The van der Waals surface area contributed by atoms with Gasteiger partial charge in [-0.15, -0.1) is 0 Å². The van der Waals surface area contributed by atoms with E-state index in [2.05, 4.69) is 17.4 Å². The van der Waals surface area contributed by atoms with Crippen molar-refractivity contribution in [3.8, 4) is 11.1 Å². The molecule has 0 fully saturated rings. The maximum atomic E-state index is 13.4. The molecule has 1 amide bonds. The van der Waals surface area contributed by atoms with E-state index in [0.717, 1.165) is 22.3 Å². The maximum absolute atomic E-state index is 13.4. The third kappa shape index (κ3) is 7.57. The Morgan fingerprint density at radius 2 is 1.91 bits per heavy atom. The lowest BCUT2D eigenvalue weighted by atomic mass is 9.94. The molecule has 7 heteroatoms. The van der Waals surface area contributed by atoms with Crippen LogP contribution in [-0.4, -0.2) is 41.6 Å². The number of amides is 1. The molecule has 0 unspecified atom stereocenters. The van der Waals surface area contributed by atoms with E-state index >= 15 is 0 Å². The van der Waals surface area contributed by atoms with Gasteiger partial charge in [0.1, 0.15) is 11.9 Å². The Morgan fingerprint density at radius 1 is 1.11 bits per heavy atom. The van der Waals surface area contributed by atoms with Crippen molar-refractivity contribution in [2.45, 2.75) is 32.4 Å². The summed E-state index contributed by atoms with van der Waals surface area (Å²) in [6.07, 6.45) is 2.81. The van der Waals surface area contributed by atoms with Crippen molar-refractivity contribution in [1.82, 2.24) is 5.32 Å². The molecular formula is C28H28FNO4S. The summed E-state index contributed by atoms with van der Waals surface area (Å²) < 4.78 is 19.2. The lowest BCUT2D eigenvalue weighted by molar-refractivity contribution is -0.139. The number of rotatable bonds is 12. The average molecular weight is 494 g/mol. The lowest BCUT2D eigenvalue weighted by Gasteiger charge is -2.17. The minimum Gasteiger partial charge on any atom is -0.480 e. The van der Waals surface area contributed by atoms with Crippen LogP contribution in [0.3, 0.4) is 0 Å². The molecule has 0 aliphatic rings. The van der Waals surface area contributed by atoms with Gasteiger partial charge in [0.2, 0.25) is 0 Å². The highest BCUT2D eigenvalue weighted by atomic mass is 32.2. The van der Waals surface area contributed by atoms with Gasteiger partial charge in [0.05, 0.1) is 13.2 Å². The number of aryl methyl sites for hydroxylation is 1. The molecule has 0 saturated heterocycles. The minimum absolute atomic E-state index is 0.271. The fourth-order valence-corrected chi connectivity index (χ4v) is 4.12. The Bertz CT molecular complexity index is 1170. The van der Waals surface area contributed by atoms with Gasteiger partial charge in [-0.25, -0.2) is 9.18 Å². The van der Waals surface area contributed by atoms with Crippen LogP contribution in [0.5, 0.6) is 0 Å². The molecule has 5 nitrogen and oxygen atoms in total. The molecule has 3 aromatic carbocycles. The van der Waals surface area contributed by atoms with Gasteiger partial charge < -0.3 is 15.2 Å². The summed E-state index contributed by atoms with van der Waals surface area (Å²) in [7, 11) is 0. The van der Waals surface area contributed by atoms with Crippen molar-refractivity contribution in [3.63, 3.8) is 0 Å². The van der Waals surface area contributed by atoms with Crippen LogP contribution in [0.15, 0.2) is 54.6 Å². The molecule has 3 aromatic rings. The van der Waals surface area contributed by atoms with Crippen LogP contribution in [0.2, 0.25) is 0 Å². The number of carboxylic acid groups (broad SMARTS) is 1. The summed E-state index contributed by atoms with van der Waals surface area (Å²) >= 11 is 1.53. The van der Waals surface area contributed by atoms with Crippen LogP contribution in [0.25, 0.3) is 11.1 Å². The first-order valence-corrected chi connectivity index (χ1v) is 12.6. The Balaban J connectivity index is 1.78. The number of benzene rings is 2. The first-order valence-electron chi connectivity index (χ1n) is 11.3.